The third kappa shape index (κ3) is 4.70. The molecule has 6 nitrogen and oxygen atoms in total. The molecule has 0 radical (unpaired) electrons. The number of nitrogens with two attached hydrogens (primary N) is 1. The number of hydrogen-bond acceptors (Lipinski definition) is 4. The Morgan fingerprint density at radius 3 is 2.57 bits per heavy atom. The fourth-order valence-corrected chi connectivity index (χ4v) is 3.69. The van der Waals surface area contributed by atoms with Crippen LogP contribution in [-0.2, 0) is 16.1 Å². The van der Waals surface area contributed by atoms with E-state index in [1.54, 1.807) is 0 Å². The minimum atomic E-state index is -0.291. The monoisotopic (exact) mass is 381 g/mol. The number of aryl methyl sites for hydroxylation is 2. The lowest BCUT2D eigenvalue weighted by atomic mass is 10.1. The summed E-state index contributed by atoms with van der Waals surface area (Å²) in [5, 5.41) is 2.93. The van der Waals surface area contributed by atoms with Crippen molar-refractivity contribution in [3.8, 4) is 5.75 Å². The van der Waals surface area contributed by atoms with Crippen molar-refractivity contribution in [1.29, 1.82) is 0 Å². The van der Waals surface area contributed by atoms with Crippen molar-refractivity contribution >= 4 is 17.5 Å². The molecule has 1 heterocycles. The van der Waals surface area contributed by atoms with Gasteiger partial charge in [-0.1, -0.05) is 36.4 Å². The van der Waals surface area contributed by atoms with Crippen molar-refractivity contribution in [2.24, 2.45) is 5.73 Å². The topological polar surface area (TPSA) is 84.7 Å². The van der Waals surface area contributed by atoms with Gasteiger partial charge >= 0.3 is 0 Å². The Bertz CT molecular complexity index is 846. The van der Waals surface area contributed by atoms with Crippen molar-refractivity contribution in [3.05, 3.63) is 59.2 Å². The molecule has 1 saturated heterocycles. The number of carbonyl (C=O) groups excluding carboxylic acids is 2. The van der Waals surface area contributed by atoms with Crippen molar-refractivity contribution < 1.29 is 14.3 Å². The maximum absolute atomic E-state index is 12.4. The van der Waals surface area contributed by atoms with E-state index in [-0.39, 0.29) is 24.5 Å². The molecule has 1 aliphatic heterocycles. The van der Waals surface area contributed by atoms with E-state index in [1.165, 1.54) is 0 Å². The molecule has 1 aliphatic rings. The van der Waals surface area contributed by atoms with Crippen molar-refractivity contribution in [2.75, 3.05) is 18.5 Å². The minimum Gasteiger partial charge on any atom is -0.483 e. The summed E-state index contributed by atoms with van der Waals surface area (Å²) in [7, 11) is 0. The molecule has 0 saturated carbocycles. The van der Waals surface area contributed by atoms with Gasteiger partial charge in [-0.25, -0.2) is 0 Å². The Morgan fingerprint density at radius 1 is 1.14 bits per heavy atom. The molecule has 1 atom stereocenters. The first kappa shape index (κ1) is 19.9. The number of nitrogens with one attached hydrogen (secondary N) is 1. The van der Waals surface area contributed by atoms with Crippen LogP contribution >= 0.6 is 0 Å². The number of ether oxygens (including phenoxy) is 1. The van der Waals surface area contributed by atoms with Crippen LogP contribution < -0.4 is 15.8 Å². The highest BCUT2D eigenvalue weighted by Crippen LogP contribution is 2.24. The Kier molecular flexibility index (Phi) is 6.31. The zero-order valence-electron chi connectivity index (χ0n) is 16.4. The Balaban J connectivity index is 1.64. The lowest BCUT2D eigenvalue weighted by molar-refractivity contribution is -0.122. The fourth-order valence-electron chi connectivity index (χ4n) is 3.69. The lowest BCUT2D eigenvalue weighted by Gasteiger charge is -2.23. The van der Waals surface area contributed by atoms with Gasteiger partial charge in [-0.15, -0.1) is 0 Å². The van der Waals surface area contributed by atoms with Crippen LogP contribution in [0.1, 0.15) is 29.5 Å². The lowest BCUT2D eigenvalue weighted by Crippen LogP contribution is -2.39. The standard InChI is InChI=1S/C22H27N3O3/c1-15-7-5-8-16(2)21(15)28-14-20(26)24-18-10-4-3-9-17(18)13-25-12-6-11-19(25)22(23)27/h3-5,7-10,19H,6,11-14H2,1-2H3,(H2,23,27)(H,24,26). The normalized spacial score (nSPS) is 16.7. The highest BCUT2D eigenvalue weighted by Gasteiger charge is 2.29. The van der Waals surface area contributed by atoms with E-state index in [0.717, 1.165) is 47.5 Å². The van der Waals surface area contributed by atoms with Gasteiger partial charge in [-0.3, -0.25) is 14.5 Å². The first-order valence-corrected chi connectivity index (χ1v) is 9.56. The maximum atomic E-state index is 12.4. The van der Waals surface area contributed by atoms with Gasteiger partial charge in [0.1, 0.15) is 5.75 Å². The number of para-hydroxylation sites is 2. The zero-order chi connectivity index (χ0) is 20.1. The van der Waals surface area contributed by atoms with Crippen LogP contribution in [0.4, 0.5) is 5.69 Å². The van der Waals surface area contributed by atoms with Gasteiger partial charge in [-0.05, 0) is 56.0 Å². The second-order valence-corrected chi connectivity index (χ2v) is 7.25. The summed E-state index contributed by atoms with van der Waals surface area (Å²) in [5.74, 6) is 0.233. The van der Waals surface area contributed by atoms with E-state index in [1.807, 2.05) is 56.3 Å². The molecule has 0 bridgehead atoms. The van der Waals surface area contributed by atoms with E-state index in [9.17, 15) is 9.59 Å². The number of hydrogen-bond donors (Lipinski definition) is 2. The molecule has 2 aromatic rings. The molecule has 1 fully saturated rings. The molecule has 1 unspecified atom stereocenters. The zero-order valence-corrected chi connectivity index (χ0v) is 16.4. The number of primary amides is 1. The first-order chi connectivity index (χ1) is 13.5. The Labute approximate surface area is 165 Å². The van der Waals surface area contributed by atoms with Gasteiger partial charge < -0.3 is 15.8 Å². The third-order valence-electron chi connectivity index (χ3n) is 5.11. The van der Waals surface area contributed by atoms with Crippen LogP contribution in [0.15, 0.2) is 42.5 Å². The van der Waals surface area contributed by atoms with Gasteiger partial charge in [0, 0.05) is 12.2 Å². The second-order valence-electron chi connectivity index (χ2n) is 7.25. The Morgan fingerprint density at radius 2 is 1.86 bits per heavy atom. The van der Waals surface area contributed by atoms with Crippen LogP contribution in [0.25, 0.3) is 0 Å². The van der Waals surface area contributed by atoms with E-state index < -0.39 is 0 Å². The van der Waals surface area contributed by atoms with Crippen LogP contribution in [0.5, 0.6) is 5.75 Å². The number of benzene rings is 2. The summed E-state index contributed by atoms with van der Waals surface area (Å²) in [6.45, 7) is 5.25. The summed E-state index contributed by atoms with van der Waals surface area (Å²) in [4.78, 5) is 26.2. The van der Waals surface area contributed by atoms with Crippen LogP contribution in [0.2, 0.25) is 0 Å². The van der Waals surface area contributed by atoms with Gasteiger partial charge in [0.2, 0.25) is 5.91 Å². The third-order valence-corrected chi connectivity index (χ3v) is 5.11. The number of nitrogens with zero attached hydrogens (tertiary/aromatic N) is 1. The van der Waals surface area contributed by atoms with Gasteiger partial charge in [0.25, 0.3) is 5.91 Å². The number of rotatable bonds is 7. The highest BCUT2D eigenvalue weighted by molar-refractivity contribution is 5.92. The first-order valence-electron chi connectivity index (χ1n) is 9.56. The number of carbonyl (C=O) groups is 2. The average Bonchev–Trinajstić information content (AvgIpc) is 3.11. The summed E-state index contributed by atoms with van der Waals surface area (Å²) >= 11 is 0. The van der Waals surface area contributed by atoms with E-state index in [2.05, 4.69) is 10.2 Å². The number of likely N-dealkylation sites (tertiary alicyclic amines) is 1. The molecule has 3 N–H and O–H groups in total. The summed E-state index contributed by atoms with van der Waals surface area (Å²) in [6.07, 6.45) is 1.74. The summed E-state index contributed by atoms with van der Waals surface area (Å²) < 4.78 is 5.74. The quantitative estimate of drug-likeness (QED) is 0.772. The van der Waals surface area contributed by atoms with Crippen LogP contribution in [0.3, 0.4) is 0 Å². The van der Waals surface area contributed by atoms with Crippen molar-refractivity contribution in [1.82, 2.24) is 4.90 Å². The Hall–Kier alpha value is -2.86. The van der Waals surface area contributed by atoms with Gasteiger partial charge in [0.15, 0.2) is 6.61 Å². The molecule has 2 amide bonds. The molecular formula is C22H27N3O3. The number of anilines is 1. The second kappa shape index (κ2) is 8.89. The van der Waals surface area contributed by atoms with Crippen molar-refractivity contribution in [3.63, 3.8) is 0 Å². The SMILES string of the molecule is Cc1cccc(C)c1OCC(=O)Nc1ccccc1CN1CCCC1C(N)=O. The van der Waals surface area contributed by atoms with Crippen LogP contribution in [0, 0.1) is 13.8 Å². The predicted molar refractivity (Wildman–Crippen MR) is 109 cm³/mol. The number of amides is 2. The molecule has 6 heteroatoms. The summed E-state index contributed by atoms with van der Waals surface area (Å²) in [5.41, 5.74) is 9.20. The molecule has 0 aromatic heterocycles. The molecule has 148 valence electrons. The molecule has 0 spiro atoms. The predicted octanol–water partition coefficient (Wildman–Crippen LogP) is 2.77. The fraction of sp³-hybridized carbons (Fsp3) is 0.364. The molecular weight excluding hydrogens is 354 g/mol. The maximum Gasteiger partial charge on any atom is 0.262 e. The van der Waals surface area contributed by atoms with Gasteiger partial charge in [-0.2, -0.15) is 0 Å². The molecule has 3 rings (SSSR count). The smallest absolute Gasteiger partial charge is 0.262 e. The van der Waals surface area contributed by atoms with Crippen LogP contribution in [-0.4, -0.2) is 35.9 Å². The molecule has 0 aliphatic carbocycles. The molecule has 2 aromatic carbocycles. The van der Waals surface area contributed by atoms with Gasteiger partial charge in [0.05, 0.1) is 6.04 Å². The van der Waals surface area contributed by atoms with Crippen molar-refractivity contribution in [2.45, 2.75) is 39.3 Å². The largest absolute Gasteiger partial charge is 0.483 e. The highest BCUT2D eigenvalue weighted by atomic mass is 16.5. The van der Waals surface area contributed by atoms with E-state index in [0.29, 0.717) is 6.54 Å². The minimum absolute atomic E-state index is 0.0619. The van der Waals surface area contributed by atoms with E-state index in [4.69, 9.17) is 10.5 Å². The summed E-state index contributed by atoms with van der Waals surface area (Å²) in [6, 6.07) is 13.3. The molecule has 28 heavy (non-hydrogen) atoms. The van der Waals surface area contributed by atoms with E-state index >= 15 is 0 Å². The average molecular weight is 381 g/mol.